The monoisotopic (exact) mass is 224 g/mol. The minimum absolute atomic E-state index is 1.11. The third-order valence-corrected chi connectivity index (χ3v) is 1.91. The van der Waals surface area contributed by atoms with Gasteiger partial charge in [0.15, 0.2) is 0 Å². The fraction of sp³-hybridized carbons (Fsp3) is 0.294. The molecule has 0 nitrogen and oxygen atoms in total. The van der Waals surface area contributed by atoms with Gasteiger partial charge in [0.05, 0.1) is 0 Å². The second kappa shape index (κ2) is 14.1. The highest BCUT2D eigenvalue weighted by molar-refractivity contribution is 5.34. The van der Waals surface area contributed by atoms with Gasteiger partial charge in [0, 0.05) is 0 Å². The van der Waals surface area contributed by atoms with Gasteiger partial charge in [-0.25, -0.2) is 0 Å². The molecule has 0 heteroatoms. The van der Waals surface area contributed by atoms with Gasteiger partial charge >= 0.3 is 0 Å². The predicted octanol–water partition coefficient (Wildman–Crippen LogP) is 4.43. The van der Waals surface area contributed by atoms with Crippen LogP contribution >= 0.6 is 0 Å². The molecule has 0 aromatic carbocycles. The number of hydrogen-bond acceptors (Lipinski definition) is 0. The first-order valence-electron chi connectivity index (χ1n) is 5.96. The van der Waals surface area contributed by atoms with E-state index in [1.165, 1.54) is 12.8 Å². The molecule has 0 aliphatic carbocycles. The van der Waals surface area contributed by atoms with E-state index < -0.39 is 0 Å². The summed E-state index contributed by atoms with van der Waals surface area (Å²) < 4.78 is 0. The number of hydrogen-bond donors (Lipinski definition) is 0. The third-order valence-electron chi connectivity index (χ3n) is 1.91. The van der Waals surface area contributed by atoms with E-state index in [4.69, 9.17) is 0 Å². The molecule has 0 atom stereocenters. The molecule has 0 bridgehead atoms. The van der Waals surface area contributed by atoms with Gasteiger partial charge in [-0.3, -0.25) is 0 Å². The zero-order valence-electron chi connectivity index (χ0n) is 10.6. The number of rotatable bonds is 6. The Kier molecular flexibility index (Phi) is 12.5. The van der Waals surface area contributed by atoms with Gasteiger partial charge in [0.25, 0.3) is 0 Å². The second-order valence-corrected chi connectivity index (χ2v) is 3.40. The van der Waals surface area contributed by atoms with E-state index >= 15 is 0 Å². The average Bonchev–Trinajstić information content (AvgIpc) is 2.35. The highest BCUT2D eigenvalue weighted by atomic mass is 13.9. The summed E-state index contributed by atoms with van der Waals surface area (Å²) in [6.07, 6.45) is 18.2. The highest BCUT2D eigenvalue weighted by Crippen LogP contribution is 2.00. The molecule has 0 saturated carbocycles. The molecule has 0 unspecified atom stereocenters. The topological polar surface area (TPSA) is 0 Å². The second-order valence-electron chi connectivity index (χ2n) is 3.40. The Bertz CT molecular complexity index is 383. The van der Waals surface area contributed by atoms with Crippen LogP contribution in [0.1, 0.15) is 32.6 Å². The van der Waals surface area contributed by atoms with Crippen molar-refractivity contribution in [3.63, 3.8) is 0 Å². The molecule has 0 N–H and O–H groups in total. The van der Waals surface area contributed by atoms with E-state index in [2.05, 4.69) is 36.3 Å². The summed E-state index contributed by atoms with van der Waals surface area (Å²) >= 11 is 0. The molecular weight excluding hydrogens is 204 g/mol. The van der Waals surface area contributed by atoms with Crippen LogP contribution < -0.4 is 0 Å². The fourth-order valence-electron chi connectivity index (χ4n) is 1.07. The first-order chi connectivity index (χ1) is 8.41. The van der Waals surface area contributed by atoms with E-state index in [-0.39, 0.29) is 0 Å². The van der Waals surface area contributed by atoms with Gasteiger partial charge in [-0.2, -0.15) is 0 Å². The van der Waals surface area contributed by atoms with Gasteiger partial charge in [0.2, 0.25) is 0 Å². The van der Waals surface area contributed by atoms with E-state index in [0.29, 0.717) is 0 Å². The predicted molar refractivity (Wildman–Crippen MR) is 77.3 cm³/mol. The summed E-state index contributed by atoms with van der Waals surface area (Å²) in [6, 6.07) is 0. The largest absolute Gasteiger partial charge is 0.103 e. The lowest BCUT2D eigenvalue weighted by molar-refractivity contribution is 0.763. The average molecular weight is 224 g/mol. The molecular formula is C17H20. The van der Waals surface area contributed by atoms with Crippen LogP contribution in [0, 0.1) is 23.7 Å². The van der Waals surface area contributed by atoms with Crippen LogP contribution in [0.2, 0.25) is 0 Å². The minimum Gasteiger partial charge on any atom is -0.103 e. The lowest BCUT2D eigenvalue weighted by Crippen LogP contribution is -1.70. The van der Waals surface area contributed by atoms with Crippen LogP contribution in [0.15, 0.2) is 49.1 Å². The Morgan fingerprint density at radius 1 is 0.941 bits per heavy atom. The van der Waals surface area contributed by atoms with Gasteiger partial charge in [-0.1, -0.05) is 42.2 Å². The van der Waals surface area contributed by atoms with Crippen molar-refractivity contribution in [2.75, 3.05) is 0 Å². The molecule has 0 heterocycles. The summed E-state index contributed by atoms with van der Waals surface area (Å²) in [7, 11) is 0. The molecule has 0 saturated heterocycles. The molecule has 88 valence electrons. The number of unbranched alkanes of at least 4 members (excludes halogenated alkanes) is 3. The SMILES string of the molecule is C=CCCCC/C=C/C=C\C#CC#C/C=C/C. The third kappa shape index (κ3) is 14.1. The first-order valence-corrected chi connectivity index (χ1v) is 5.96. The van der Waals surface area contributed by atoms with Gasteiger partial charge in [-0.05, 0) is 56.6 Å². The Hall–Kier alpha value is -1.92. The van der Waals surface area contributed by atoms with Gasteiger partial charge in [0.1, 0.15) is 0 Å². The van der Waals surface area contributed by atoms with E-state index in [1.54, 1.807) is 6.08 Å². The minimum atomic E-state index is 1.11. The lowest BCUT2D eigenvalue weighted by Gasteiger charge is -1.90. The van der Waals surface area contributed by atoms with Gasteiger partial charge in [-0.15, -0.1) is 6.58 Å². The van der Waals surface area contributed by atoms with Crippen LogP contribution in [0.3, 0.4) is 0 Å². The molecule has 0 aromatic heterocycles. The van der Waals surface area contributed by atoms with Crippen molar-refractivity contribution < 1.29 is 0 Å². The van der Waals surface area contributed by atoms with E-state index in [0.717, 1.165) is 12.8 Å². The van der Waals surface area contributed by atoms with Crippen LogP contribution in [0.4, 0.5) is 0 Å². The Labute approximate surface area is 106 Å². The summed E-state index contributed by atoms with van der Waals surface area (Å²) in [5.41, 5.74) is 0. The Morgan fingerprint density at radius 2 is 1.65 bits per heavy atom. The van der Waals surface area contributed by atoms with Crippen molar-refractivity contribution in [3.8, 4) is 23.7 Å². The first kappa shape index (κ1) is 15.1. The molecule has 17 heavy (non-hydrogen) atoms. The molecule has 0 fully saturated rings. The lowest BCUT2D eigenvalue weighted by atomic mass is 10.2. The maximum Gasteiger partial charge on any atom is -0.0102 e. The molecule has 0 aliphatic heterocycles. The Balaban J connectivity index is 3.63. The van der Waals surface area contributed by atoms with E-state index in [9.17, 15) is 0 Å². The van der Waals surface area contributed by atoms with Gasteiger partial charge < -0.3 is 0 Å². The fourth-order valence-corrected chi connectivity index (χ4v) is 1.07. The summed E-state index contributed by atoms with van der Waals surface area (Å²) in [5.74, 6) is 11.1. The summed E-state index contributed by atoms with van der Waals surface area (Å²) in [4.78, 5) is 0. The summed E-state index contributed by atoms with van der Waals surface area (Å²) in [5, 5.41) is 0. The van der Waals surface area contributed by atoms with Crippen molar-refractivity contribution in [2.45, 2.75) is 32.6 Å². The normalized spacial score (nSPS) is 10.2. The smallest absolute Gasteiger partial charge is 0.0102 e. The van der Waals surface area contributed by atoms with Crippen LogP contribution in [-0.2, 0) is 0 Å². The standard InChI is InChI=1S/C17H20/c1-3-5-7-9-11-13-15-17-16-14-12-10-8-6-4-2/h3-4,6,13,15-17H,1,5,7,9,11H2,2H3/b6-4+,15-13+,17-16-. The molecule has 0 aliphatic rings. The zero-order valence-corrected chi connectivity index (χ0v) is 10.6. The van der Waals surface area contributed by atoms with E-state index in [1.807, 2.05) is 37.3 Å². The highest BCUT2D eigenvalue weighted by Gasteiger charge is 1.80. The molecule has 0 radical (unpaired) electrons. The van der Waals surface area contributed by atoms with Crippen LogP contribution in [0.5, 0.6) is 0 Å². The maximum absolute atomic E-state index is 3.70. The van der Waals surface area contributed by atoms with Crippen molar-refractivity contribution in [1.29, 1.82) is 0 Å². The van der Waals surface area contributed by atoms with Crippen molar-refractivity contribution >= 4 is 0 Å². The van der Waals surface area contributed by atoms with Crippen LogP contribution in [-0.4, -0.2) is 0 Å². The zero-order chi connectivity index (χ0) is 12.6. The number of allylic oxidation sites excluding steroid dienone is 7. The summed E-state index contributed by atoms with van der Waals surface area (Å²) in [6.45, 7) is 5.63. The quantitative estimate of drug-likeness (QED) is 0.271. The van der Waals surface area contributed by atoms with Crippen LogP contribution in [0.25, 0.3) is 0 Å². The molecule has 0 rings (SSSR count). The van der Waals surface area contributed by atoms with Crippen molar-refractivity contribution in [3.05, 3.63) is 49.1 Å². The molecule has 0 spiro atoms. The molecule has 0 amide bonds. The van der Waals surface area contributed by atoms with Crippen molar-refractivity contribution in [1.82, 2.24) is 0 Å². The Morgan fingerprint density at radius 3 is 2.35 bits per heavy atom. The van der Waals surface area contributed by atoms with Crippen molar-refractivity contribution in [2.24, 2.45) is 0 Å². The maximum atomic E-state index is 3.70. The molecule has 0 aromatic rings.